The van der Waals surface area contributed by atoms with E-state index in [2.05, 4.69) is 10.2 Å². The first-order valence-electron chi connectivity index (χ1n) is 4.52. The topological polar surface area (TPSA) is 35.0 Å². The van der Waals surface area contributed by atoms with E-state index in [4.69, 9.17) is 27.9 Å². The lowest BCUT2D eigenvalue weighted by molar-refractivity contribution is 0.304. The number of rotatable bonds is 3. The minimum Gasteiger partial charge on any atom is -0.486 e. The molecule has 84 valence electrons. The van der Waals surface area contributed by atoms with Crippen molar-refractivity contribution < 1.29 is 4.74 Å². The smallest absolute Gasteiger partial charge is 0.207 e. The van der Waals surface area contributed by atoms with Gasteiger partial charge in [0.15, 0.2) is 5.01 Å². The number of aromatic nitrogens is 2. The monoisotopic (exact) mass is 274 g/mol. The molecule has 0 saturated carbocycles. The summed E-state index contributed by atoms with van der Waals surface area (Å²) in [6.07, 6.45) is 0. The van der Waals surface area contributed by atoms with Crippen molar-refractivity contribution in [2.45, 2.75) is 13.5 Å². The van der Waals surface area contributed by atoms with Crippen molar-refractivity contribution in [3.05, 3.63) is 38.3 Å². The highest BCUT2D eigenvalue weighted by atomic mass is 35.5. The van der Waals surface area contributed by atoms with E-state index in [9.17, 15) is 0 Å². The highest BCUT2D eigenvalue weighted by molar-refractivity contribution is 7.15. The largest absolute Gasteiger partial charge is 0.486 e. The summed E-state index contributed by atoms with van der Waals surface area (Å²) in [7, 11) is 0. The molecule has 0 saturated heterocycles. The number of ether oxygens (including phenoxy) is 1. The van der Waals surface area contributed by atoms with Crippen LogP contribution in [0.5, 0.6) is 5.75 Å². The second-order valence-corrected chi connectivity index (χ2v) is 5.20. The van der Waals surface area contributed by atoms with E-state index >= 15 is 0 Å². The first kappa shape index (κ1) is 11.6. The molecule has 0 unspecified atom stereocenters. The van der Waals surface area contributed by atoms with E-state index in [0.717, 1.165) is 21.3 Å². The van der Waals surface area contributed by atoms with Crippen LogP contribution in [0.1, 0.15) is 10.6 Å². The van der Waals surface area contributed by atoms with Crippen molar-refractivity contribution in [2.75, 3.05) is 0 Å². The third kappa shape index (κ3) is 2.84. The van der Waals surface area contributed by atoms with Crippen LogP contribution in [0.25, 0.3) is 0 Å². The number of halogens is 2. The maximum Gasteiger partial charge on any atom is 0.207 e. The van der Waals surface area contributed by atoms with Crippen molar-refractivity contribution in [1.29, 1.82) is 0 Å². The zero-order valence-corrected chi connectivity index (χ0v) is 10.7. The van der Waals surface area contributed by atoms with Gasteiger partial charge in [-0.15, -0.1) is 10.2 Å². The number of aryl methyl sites for hydroxylation is 1. The molecule has 0 fully saturated rings. The maximum atomic E-state index is 5.91. The Labute approximate surface area is 107 Å². The Morgan fingerprint density at radius 1 is 1.31 bits per heavy atom. The summed E-state index contributed by atoms with van der Waals surface area (Å²) in [5, 5.41) is 9.03. The van der Waals surface area contributed by atoms with Crippen LogP contribution >= 0.6 is 34.5 Å². The van der Waals surface area contributed by atoms with Crippen molar-refractivity contribution in [3.63, 3.8) is 0 Å². The second kappa shape index (κ2) is 4.99. The highest BCUT2D eigenvalue weighted by Gasteiger charge is 2.03. The summed E-state index contributed by atoms with van der Waals surface area (Å²) in [5.74, 6) is 0.758. The summed E-state index contributed by atoms with van der Waals surface area (Å²) in [6, 6.07) is 5.50. The van der Waals surface area contributed by atoms with Crippen LogP contribution < -0.4 is 4.74 Å². The summed E-state index contributed by atoms with van der Waals surface area (Å²) < 4.78 is 5.95. The molecule has 3 nitrogen and oxygen atoms in total. The minimum absolute atomic E-state index is 0.367. The summed E-state index contributed by atoms with van der Waals surface area (Å²) in [5.41, 5.74) is 0.981. The van der Waals surface area contributed by atoms with E-state index in [1.165, 1.54) is 11.3 Å². The number of nitrogens with zero attached hydrogens (tertiary/aromatic N) is 2. The van der Waals surface area contributed by atoms with Gasteiger partial charge < -0.3 is 4.74 Å². The normalized spacial score (nSPS) is 10.4. The molecule has 0 aliphatic carbocycles. The van der Waals surface area contributed by atoms with Gasteiger partial charge in [-0.1, -0.05) is 22.9 Å². The zero-order chi connectivity index (χ0) is 11.5. The molecule has 1 aromatic heterocycles. The first-order valence-corrected chi connectivity index (χ1v) is 6.09. The fourth-order valence-electron chi connectivity index (χ4n) is 1.14. The Hall–Kier alpha value is -0.840. The van der Waals surface area contributed by atoms with Gasteiger partial charge in [-0.2, -0.15) is 0 Å². The third-order valence-electron chi connectivity index (χ3n) is 1.93. The predicted octanol–water partition coefficient (Wildman–Crippen LogP) is 3.73. The Morgan fingerprint density at radius 3 is 2.75 bits per heavy atom. The van der Waals surface area contributed by atoms with Crippen LogP contribution in [0.3, 0.4) is 0 Å². The van der Waals surface area contributed by atoms with E-state index in [0.29, 0.717) is 11.1 Å². The Morgan fingerprint density at radius 2 is 2.12 bits per heavy atom. The number of hydrogen-bond donors (Lipinski definition) is 0. The maximum absolute atomic E-state index is 5.91. The van der Waals surface area contributed by atoms with Gasteiger partial charge in [-0.25, -0.2) is 0 Å². The Kier molecular flexibility index (Phi) is 3.63. The molecule has 0 atom stereocenters. The van der Waals surface area contributed by atoms with Crippen LogP contribution in [0.15, 0.2) is 18.2 Å². The molecule has 0 aliphatic heterocycles. The fraction of sp³-hybridized carbons (Fsp3) is 0.200. The van der Waals surface area contributed by atoms with Crippen molar-refractivity contribution in [1.82, 2.24) is 10.2 Å². The van der Waals surface area contributed by atoms with Gasteiger partial charge in [0.05, 0.1) is 0 Å². The second-order valence-electron chi connectivity index (χ2n) is 3.15. The lowest BCUT2D eigenvalue weighted by Gasteiger charge is -2.05. The molecule has 1 aromatic carbocycles. The third-order valence-corrected chi connectivity index (χ3v) is 3.35. The van der Waals surface area contributed by atoms with Crippen LogP contribution in [-0.2, 0) is 6.61 Å². The van der Waals surface area contributed by atoms with Crippen LogP contribution in [0.4, 0.5) is 0 Å². The predicted molar refractivity (Wildman–Crippen MR) is 65.4 cm³/mol. The lowest BCUT2D eigenvalue weighted by Crippen LogP contribution is -1.95. The lowest BCUT2D eigenvalue weighted by atomic mass is 10.2. The Balaban J connectivity index is 2.02. The van der Waals surface area contributed by atoms with Gasteiger partial charge >= 0.3 is 0 Å². The summed E-state index contributed by atoms with van der Waals surface area (Å²) in [6.45, 7) is 2.29. The van der Waals surface area contributed by atoms with Gasteiger partial charge in [0, 0.05) is 5.02 Å². The highest BCUT2D eigenvalue weighted by Crippen LogP contribution is 2.22. The van der Waals surface area contributed by atoms with Crippen molar-refractivity contribution >= 4 is 34.5 Å². The molecule has 0 radical (unpaired) electrons. The van der Waals surface area contributed by atoms with Crippen molar-refractivity contribution in [3.8, 4) is 5.75 Å². The van der Waals surface area contributed by atoms with E-state index in [-0.39, 0.29) is 0 Å². The summed E-state index contributed by atoms with van der Waals surface area (Å²) in [4.78, 5) is 0. The SMILES string of the molecule is Cc1cc(OCc2nnc(Cl)s2)ccc1Cl. The molecule has 1 heterocycles. The molecule has 2 rings (SSSR count). The molecule has 6 heteroatoms. The van der Waals surface area contributed by atoms with Gasteiger partial charge in [-0.3, -0.25) is 0 Å². The average molecular weight is 275 g/mol. The van der Waals surface area contributed by atoms with Gasteiger partial charge in [0.2, 0.25) is 4.47 Å². The van der Waals surface area contributed by atoms with Gasteiger partial charge in [-0.05, 0) is 42.3 Å². The quantitative estimate of drug-likeness (QED) is 0.856. The standard InChI is InChI=1S/C10H8Cl2N2OS/c1-6-4-7(2-3-8(6)11)15-5-9-13-14-10(12)16-9/h2-4H,5H2,1H3. The van der Waals surface area contributed by atoms with E-state index in [1.807, 2.05) is 19.1 Å². The molecule has 0 N–H and O–H groups in total. The van der Waals surface area contributed by atoms with Gasteiger partial charge in [0.25, 0.3) is 0 Å². The average Bonchev–Trinajstić information content (AvgIpc) is 2.66. The molecule has 16 heavy (non-hydrogen) atoms. The molecule has 2 aromatic rings. The molecular weight excluding hydrogens is 267 g/mol. The van der Waals surface area contributed by atoms with Gasteiger partial charge in [0.1, 0.15) is 12.4 Å². The molecule has 0 amide bonds. The van der Waals surface area contributed by atoms with Crippen LogP contribution in [0.2, 0.25) is 9.49 Å². The van der Waals surface area contributed by atoms with Crippen LogP contribution in [-0.4, -0.2) is 10.2 Å². The number of benzene rings is 1. The van der Waals surface area contributed by atoms with Crippen molar-refractivity contribution in [2.24, 2.45) is 0 Å². The first-order chi connectivity index (χ1) is 7.65. The van der Waals surface area contributed by atoms with E-state index in [1.54, 1.807) is 6.07 Å². The zero-order valence-electron chi connectivity index (χ0n) is 8.41. The molecule has 0 aliphatic rings. The number of hydrogen-bond acceptors (Lipinski definition) is 4. The Bertz CT molecular complexity index is 501. The van der Waals surface area contributed by atoms with E-state index < -0.39 is 0 Å². The molecule has 0 bridgehead atoms. The van der Waals surface area contributed by atoms with Crippen LogP contribution in [0, 0.1) is 6.92 Å². The molecular formula is C10H8Cl2N2OS. The minimum atomic E-state index is 0.367. The summed E-state index contributed by atoms with van der Waals surface area (Å²) >= 11 is 12.9. The fourth-order valence-corrected chi connectivity index (χ4v) is 2.04. The molecule has 0 spiro atoms.